The quantitative estimate of drug-likeness (QED) is 0.419. The molecule has 2 aromatic carbocycles. The number of para-hydroxylation sites is 1. The fourth-order valence-corrected chi connectivity index (χ4v) is 5.19. The van der Waals surface area contributed by atoms with Crippen LogP contribution in [0.15, 0.2) is 60.7 Å². The van der Waals surface area contributed by atoms with Crippen molar-refractivity contribution >= 4 is 33.0 Å². The van der Waals surface area contributed by atoms with E-state index in [9.17, 15) is 4.39 Å². The zero-order valence-electron chi connectivity index (χ0n) is 15.9. The Morgan fingerprint density at radius 1 is 0.967 bits per heavy atom. The topological polar surface area (TPSA) is 59.2 Å². The number of rotatable bonds is 3. The highest BCUT2D eigenvalue weighted by Gasteiger charge is 2.30. The maximum absolute atomic E-state index is 14.3. The van der Waals surface area contributed by atoms with Crippen molar-refractivity contribution in [1.82, 2.24) is 24.8 Å². The Balaban J connectivity index is 1.43. The molecule has 1 unspecified atom stereocenters. The van der Waals surface area contributed by atoms with Gasteiger partial charge in [0.25, 0.3) is 0 Å². The van der Waals surface area contributed by atoms with Gasteiger partial charge < -0.3 is 4.90 Å². The Hall–Kier alpha value is -3.39. The predicted octanol–water partition coefficient (Wildman–Crippen LogP) is 4.88. The lowest BCUT2D eigenvalue weighted by atomic mass is 10.2. The molecule has 5 aromatic rings. The third kappa shape index (κ3) is 2.75. The number of halogens is 1. The molecule has 0 radical (unpaired) electrons. The Bertz CT molecular complexity index is 1340. The van der Waals surface area contributed by atoms with Gasteiger partial charge in [0.1, 0.15) is 16.6 Å². The van der Waals surface area contributed by atoms with Gasteiger partial charge in [-0.25, -0.2) is 9.37 Å². The van der Waals surface area contributed by atoms with Crippen LogP contribution >= 0.6 is 11.3 Å². The van der Waals surface area contributed by atoms with Gasteiger partial charge in [0, 0.05) is 6.54 Å². The molecule has 0 amide bonds. The molecule has 0 aliphatic carbocycles. The largest absolute Gasteiger partial charge is 0.346 e. The van der Waals surface area contributed by atoms with E-state index in [0.717, 1.165) is 35.7 Å². The third-order valence-electron chi connectivity index (χ3n) is 5.51. The monoisotopic (exact) mass is 416 g/mol. The number of nitrogens with zero attached hydrogens (tertiary/aromatic N) is 6. The summed E-state index contributed by atoms with van der Waals surface area (Å²) in [5, 5.41) is 14.2. The molecule has 8 heteroatoms. The lowest BCUT2D eigenvalue weighted by Crippen LogP contribution is -2.24. The van der Waals surface area contributed by atoms with Gasteiger partial charge in [0.15, 0.2) is 11.5 Å². The minimum atomic E-state index is -0.340. The van der Waals surface area contributed by atoms with E-state index in [1.807, 2.05) is 24.3 Å². The van der Waals surface area contributed by atoms with Crippen LogP contribution in [-0.4, -0.2) is 31.3 Å². The Morgan fingerprint density at radius 3 is 2.73 bits per heavy atom. The molecule has 148 valence electrons. The molecule has 1 atom stereocenters. The first-order valence-corrected chi connectivity index (χ1v) is 10.7. The van der Waals surface area contributed by atoms with Crippen molar-refractivity contribution < 1.29 is 4.39 Å². The van der Waals surface area contributed by atoms with Gasteiger partial charge in [-0.1, -0.05) is 24.3 Å². The van der Waals surface area contributed by atoms with E-state index < -0.39 is 0 Å². The maximum Gasteiger partial charge on any atom is 0.188 e. The Kier molecular flexibility index (Phi) is 3.98. The normalized spacial score (nSPS) is 16.7. The smallest absolute Gasteiger partial charge is 0.188 e. The highest BCUT2D eigenvalue weighted by Crippen LogP contribution is 2.38. The minimum absolute atomic E-state index is 0.181. The summed E-state index contributed by atoms with van der Waals surface area (Å²) in [5.41, 5.74) is 2.01. The first-order chi connectivity index (χ1) is 14.8. The number of hydrogen-bond donors (Lipinski definition) is 0. The van der Waals surface area contributed by atoms with E-state index in [4.69, 9.17) is 10.1 Å². The van der Waals surface area contributed by atoms with Gasteiger partial charge in [-0.2, -0.15) is 4.52 Å². The summed E-state index contributed by atoms with van der Waals surface area (Å²) in [4.78, 5) is 7.15. The van der Waals surface area contributed by atoms with Gasteiger partial charge >= 0.3 is 0 Å². The molecule has 3 aromatic heterocycles. The lowest BCUT2D eigenvalue weighted by molar-refractivity contribution is 0.629. The third-order valence-corrected chi connectivity index (χ3v) is 6.64. The number of hydrogen-bond acceptors (Lipinski definition) is 6. The lowest BCUT2D eigenvalue weighted by Gasteiger charge is -2.24. The van der Waals surface area contributed by atoms with E-state index in [1.54, 1.807) is 34.1 Å². The highest BCUT2D eigenvalue weighted by molar-refractivity contribution is 7.18. The summed E-state index contributed by atoms with van der Waals surface area (Å²) < 4.78 is 17.2. The van der Waals surface area contributed by atoms with Gasteiger partial charge in [0.2, 0.25) is 0 Å². The number of aromatic nitrogens is 5. The molecule has 0 spiro atoms. The van der Waals surface area contributed by atoms with Gasteiger partial charge in [-0.15, -0.1) is 26.6 Å². The molecule has 6 nitrogen and oxygen atoms in total. The fraction of sp³-hybridized carbons (Fsp3) is 0.182. The molecule has 30 heavy (non-hydrogen) atoms. The van der Waals surface area contributed by atoms with Crippen LogP contribution in [0, 0.1) is 5.82 Å². The second-order valence-corrected chi connectivity index (χ2v) is 8.40. The second-order valence-electron chi connectivity index (χ2n) is 7.34. The van der Waals surface area contributed by atoms with Crippen molar-refractivity contribution in [1.29, 1.82) is 0 Å². The van der Waals surface area contributed by atoms with Crippen LogP contribution < -0.4 is 4.90 Å². The van der Waals surface area contributed by atoms with Crippen LogP contribution in [0.4, 0.5) is 10.2 Å². The predicted molar refractivity (Wildman–Crippen MR) is 115 cm³/mol. The number of fused-ring (bicyclic) bond motifs is 2. The molecule has 0 bridgehead atoms. The van der Waals surface area contributed by atoms with Gasteiger partial charge in [-0.05, 0) is 49.2 Å². The average Bonchev–Trinajstić information content (AvgIpc) is 3.50. The van der Waals surface area contributed by atoms with Crippen LogP contribution in [0.25, 0.3) is 27.3 Å². The van der Waals surface area contributed by atoms with Crippen LogP contribution in [0.1, 0.15) is 23.9 Å². The van der Waals surface area contributed by atoms with Crippen LogP contribution in [0.2, 0.25) is 0 Å². The van der Waals surface area contributed by atoms with Crippen molar-refractivity contribution in [3.05, 3.63) is 71.5 Å². The summed E-state index contributed by atoms with van der Waals surface area (Å²) in [6.45, 7) is 0.899. The van der Waals surface area contributed by atoms with E-state index in [-0.39, 0.29) is 11.9 Å². The molecule has 1 fully saturated rings. The number of anilines is 1. The molecule has 1 saturated heterocycles. The molecule has 0 saturated carbocycles. The van der Waals surface area contributed by atoms with Crippen LogP contribution in [0.5, 0.6) is 0 Å². The first-order valence-electron chi connectivity index (χ1n) is 9.87. The van der Waals surface area contributed by atoms with Crippen molar-refractivity contribution in [2.75, 3.05) is 11.4 Å². The minimum Gasteiger partial charge on any atom is -0.346 e. The van der Waals surface area contributed by atoms with Gasteiger partial charge in [0.05, 0.1) is 21.8 Å². The standard InChI is InChI=1S/C22H17FN6S/c23-15-7-2-1-6-14(15)21-26-25-19-11-12-20(27-29(19)21)28-13-5-9-17(28)22-24-16-8-3-4-10-18(16)30-22/h1-4,6-8,10-12,17H,5,9,13H2. The molecule has 6 rings (SSSR count). The molecule has 1 aliphatic rings. The summed E-state index contributed by atoms with van der Waals surface area (Å²) >= 11 is 1.74. The Labute approximate surface area is 175 Å². The van der Waals surface area contributed by atoms with Crippen LogP contribution in [-0.2, 0) is 0 Å². The SMILES string of the molecule is Fc1ccccc1-c1nnc2ccc(N3CCCC3c3nc4ccccc4s3)nn12. The zero-order chi connectivity index (χ0) is 20.1. The molecule has 1 aliphatic heterocycles. The van der Waals surface area contributed by atoms with Crippen molar-refractivity contribution in [2.45, 2.75) is 18.9 Å². The highest BCUT2D eigenvalue weighted by atomic mass is 32.1. The fourth-order valence-electron chi connectivity index (χ4n) is 4.07. The summed E-state index contributed by atoms with van der Waals surface area (Å²) in [6.07, 6.45) is 2.10. The summed E-state index contributed by atoms with van der Waals surface area (Å²) in [5.74, 6) is 0.884. The van der Waals surface area contributed by atoms with Gasteiger partial charge in [-0.3, -0.25) is 0 Å². The number of benzene rings is 2. The van der Waals surface area contributed by atoms with Crippen molar-refractivity contribution in [3.8, 4) is 11.4 Å². The zero-order valence-corrected chi connectivity index (χ0v) is 16.8. The Morgan fingerprint density at radius 2 is 1.83 bits per heavy atom. The van der Waals surface area contributed by atoms with E-state index in [1.165, 1.54) is 10.8 Å². The average molecular weight is 416 g/mol. The van der Waals surface area contributed by atoms with E-state index >= 15 is 0 Å². The van der Waals surface area contributed by atoms with E-state index in [0.29, 0.717) is 17.0 Å². The molecular formula is C22H17FN6S. The first kappa shape index (κ1) is 17.5. The molecule has 0 N–H and O–H groups in total. The van der Waals surface area contributed by atoms with Crippen molar-refractivity contribution in [3.63, 3.8) is 0 Å². The van der Waals surface area contributed by atoms with Crippen molar-refractivity contribution in [2.24, 2.45) is 0 Å². The van der Waals surface area contributed by atoms with E-state index in [2.05, 4.69) is 27.2 Å². The molecular weight excluding hydrogens is 399 g/mol. The summed E-state index contributed by atoms with van der Waals surface area (Å²) in [6, 6.07) is 18.8. The number of thiazole rings is 1. The summed E-state index contributed by atoms with van der Waals surface area (Å²) in [7, 11) is 0. The molecule has 4 heterocycles. The second kappa shape index (κ2) is 6.84. The van der Waals surface area contributed by atoms with Crippen LogP contribution in [0.3, 0.4) is 0 Å². The maximum atomic E-state index is 14.3.